The molecular weight excluding hydrogens is 712 g/mol. The summed E-state index contributed by atoms with van der Waals surface area (Å²) < 4.78 is 0. The van der Waals surface area contributed by atoms with Crippen LogP contribution in [0, 0.1) is 0 Å². The van der Waals surface area contributed by atoms with E-state index in [1.807, 2.05) is 24.3 Å². The second kappa shape index (κ2) is 16.0. The average Bonchev–Trinajstić information content (AvgIpc) is 3.30. The maximum atomic E-state index is 7.83. The minimum absolute atomic E-state index is 0.620. The van der Waals surface area contributed by atoms with Crippen molar-refractivity contribution in [2.45, 2.75) is 0 Å². The number of hydrogen-bond donors (Lipinski definition) is 2. The summed E-state index contributed by atoms with van der Waals surface area (Å²) in [7, 11) is 0. The monoisotopic (exact) mass is 750 g/mol. The van der Waals surface area contributed by atoms with Crippen molar-refractivity contribution in [2.24, 2.45) is 5.84 Å². The van der Waals surface area contributed by atoms with Gasteiger partial charge in [-0.15, -0.1) is 0 Å². The Morgan fingerprint density at radius 3 is 0.772 bits per heavy atom. The second-order valence-electron chi connectivity index (χ2n) is 14.1. The summed E-state index contributed by atoms with van der Waals surface area (Å²) in [6, 6.07) is 76.7. The van der Waals surface area contributed by atoms with E-state index in [4.69, 9.17) is 17.4 Å². The molecule has 0 aliphatic rings. The highest BCUT2D eigenvalue weighted by Crippen LogP contribution is 2.54. The Morgan fingerprint density at radius 2 is 0.474 bits per heavy atom. The fourth-order valence-electron chi connectivity index (χ4n) is 7.82. The summed E-state index contributed by atoms with van der Waals surface area (Å²) in [5.74, 6) is 6.65. The van der Waals surface area contributed by atoms with Gasteiger partial charge in [0.25, 0.3) is 0 Å². The van der Waals surface area contributed by atoms with Gasteiger partial charge in [0, 0.05) is 22.3 Å². The largest absolute Gasteiger partial charge is 0.323 e. The van der Waals surface area contributed by atoms with Crippen molar-refractivity contribution in [3.8, 4) is 89.0 Å². The van der Waals surface area contributed by atoms with E-state index in [0.717, 1.165) is 94.7 Å². The third-order valence-corrected chi connectivity index (χ3v) is 11.1. The molecule has 0 aliphatic heterocycles. The molecule has 0 saturated carbocycles. The molecule has 0 radical (unpaired) electrons. The normalized spacial score (nSPS) is 11.0. The highest BCUT2D eigenvalue weighted by atomic mass is 35.5. The van der Waals surface area contributed by atoms with Crippen molar-refractivity contribution in [1.82, 2.24) is 0 Å². The van der Waals surface area contributed by atoms with Crippen molar-refractivity contribution in [3.05, 3.63) is 223 Å². The Labute approximate surface area is 339 Å². The molecule has 0 fully saturated rings. The van der Waals surface area contributed by atoms with Crippen LogP contribution in [0.15, 0.2) is 218 Å². The van der Waals surface area contributed by atoms with Gasteiger partial charge in [-0.05, 0) is 66.8 Å². The predicted octanol–water partition coefficient (Wildman–Crippen LogP) is 15.0. The lowest BCUT2D eigenvalue weighted by Gasteiger charge is -2.26. The molecule has 0 atom stereocenters. The van der Waals surface area contributed by atoms with Gasteiger partial charge in [0.1, 0.15) is 0 Å². The van der Waals surface area contributed by atoms with Gasteiger partial charge in [-0.2, -0.15) is 0 Å². The second-order valence-corrected chi connectivity index (χ2v) is 14.5. The number of nitrogen functional groups attached to an aromatic ring is 1. The standard InChI is InChI=1S/C54H39ClN2/c55-53-50(46-31-23-42(24-32-46)38-15-7-2-8-16-38)49(45-29-21-41(22-30-45)37-13-5-1-6-14-37)51(47-33-25-43(26-34-47)39-17-9-3-10-18-39)54(57-56)52(53)48-35-27-44(28-36-48)40-19-11-4-12-20-40/h1-36,57H,56H2. The number of anilines is 1. The molecule has 3 N–H and O–H groups in total. The first-order valence-corrected chi connectivity index (χ1v) is 19.5. The summed E-state index contributed by atoms with van der Waals surface area (Å²) in [6.07, 6.45) is 0. The summed E-state index contributed by atoms with van der Waals surface area (Å²) in [5, 5.41) is 0.620. The van der Waals surface area contributed by atoms with Crippen LogP contribution in [-0.2, 0) is 0 Å². The average molecular weight is 751 g/mol. The number of nitrogens with two attached hydrogens (primary N) is 1. The summed E-state index contributed by atoms with van der Waals surface area (Å²) in [6.45, 7) is 0. The SMILES string of the molecule is NNc1c(-c2ccc(-c3ccccc3)cc2)c(Cl)c(-c2ccc(-c3ccccc3)cc2)c(-c2ccc(-c3ccccc3)cc2)c1-c1ccc(-c2ccccc2)cc1. The summed E-state index contributed by atoms with van der Waals surface area (Å²) in [5.41, 5.74) is 20.9. The smallest absolute Gasteiger partial charge is 0.0663 e. The predicted molar refractivity (Wildman–Crippen MR) is 243 cm³/mol. The number of halogens is 1. The number of benzene rings is 9. The van der Waals surface area contributed by atoms with E-state index in [9.17, 15) is 0 Å². The lowest BCUT2D eigenvalue weighted by atomic mass is 9.82. The van der Waals surface area contributed by atoms with Crippen molar-refractivity contribution in [1.29, 1.82) is 0 Å². The van der Waals surface area contributed by atoms with Gasteiger partial charge in [-0.3, -0.25) is 5.84 Å². The highest BCUT2D eigenvalue weighted by Gasteiger charge is 2.27. The van der Waals surface area contributed by atoms with Crippen LogP contribution < -0.4 is 11.3 Å². The molecule has 9 aromatic rings. The molecule has 0 aromatic heterocycles. The molecule has 0 saturated heterocycles. The molecule has 2 nitrogen and oxygen atoms in total. The van der Waals surface area contributed by atoms with E-state index < -0.39 is 0 Å². The first-order valence-electron chi connectivity index (χ1n) is 19.2. The Kier molecular flexibility index (Phi) is 10.0. The van der Waals surface area contributed by atoms with E-state index in [1.165, 1.54) is 0 Å². The van der Waals surface area contributed by atoms with Gasteiger partial charge in [0.05, 0.1) is 10.7 Å². The number of hydrogen-bond acceptors (Lipinski definition) is 2. The Hall–Kier alpha value is -6.97. The van der Waals surface area contributed by atoms with Crippen LogP contribution in [-0.4, -0.2) is 0 Å². The highest BCUT2D eigenvalue weighted by molar-refractivity contribution is 6.38. The number of nitrogens with one attached hydrogen (secondary N) is 1. The zero-order valence-corrected chi connectivity index (χ0v) is 32.0. The minimum atomic E-state index is 0.620. The van der Waals surface area contributed by atoms with Crippen LogP contribution in [0.2, 0.25) is 5.02 Å². The molecule has 0 amide bonds. The fraction of sp³-hybridized carbons (Fsp3) is 0. The van der Waals surface area contributed by atoms with Crippen molar-refractivity contribution in [3.63, 3.8) is 0 Å². The molecule has 0 spiro atoms. The third kappa shape index (κ3) is 7.16. The lowest BCUT2D eigenvalue weighted by Crippen LogP contribution is -2.11. The zero-order valence-electron chi connectivity index (χ0n) is 31.2. The number of rotatable bonds is 9. The van der Waals surface area contributed by atoms with E-state index in [1.54, 1.807) is 0 Å². The van der Waals surface area contributed by atoms with Crippen molar-refractivity contribution in [2.75, 3.05) is 5.43 Å². The van der Waals surface area contributed by atoms with Crippen LogP contribution in [0.3, 0.4) is 0 Å². The topological polar surface area (TPSA) is 38.0 Å². The van der Waals surface area contributed by atoms with E-state index in [-0.39, 0.29) is 0 Å². The van der Waals surface area contributed by atoms with Gasteiger partial charge in [-0.1, -0.05) is 230 Å². The Balaban J connectivity index is 1.31. The molecule has 272 valence electrons. The Bertz CT molecular complexity index is 2750. The van der Waals surface area contributed by atoms with Crippen LogP contribution in [0.4, 0.5) is 5.69 Å². The van der Waals surface area contributed by atoms with E-state index in [0.29, 0.717) is 5.02 Å². The molecule has 0 unspecified atom stereocenters. The van der Waals surface area contributed by atoms with Crippen molar-refractivity contribution < 1.29 is 0 Å². The first kappa shape index (κ1) is 35.7. The molecule has 0 aliphatic carbocycles. The fourth-order valence-corrected chi connectivity index (χ4v) is 8.23. The van der Waals surface area contributed by atoms with E-state index in [2.05, 4.69) is 200 Å². The quantitative estimate of drug-likeness (QED) is 0.114. The maximum absolute atomic E-state index is 7.83. The van der Waals surface area contributed by atoms with Gasteiger partial charge in [0.15, 0.2) is 0 Å². The van der Waals surface area contributed by atoms with Gasteiger partial charge < -0.3 is 5.43 Å². The lowest BCUT2D eigenvalue weighted by molar-refractivity contribution is 1.35. The first-order chi connectivity index (χ1) is 28.2. The van der Waals surface area contributed by atoms with Gasteiger partial charge >= 0.3 is 0 Å². The van der Waals surface area contributed by atoms with Gasteiger partial charge in [-0.25, -0.2) is 0 Å². The van der Waals surface area contributed by atoms with Crippen LogP contribution in [0.25, 0.3) is 89.0 Å². The molecule has 3 heteroatoms. The molecule has 0 bridgehead atoms. The molecule has 0 heterocycles. The maximum Gasteiger partial charge on any atom is 0.0663 e. The number of hydrazine groups is 1. The Morgan fingerprint density at radius 1 is 0.246 bits per heavy atom. The third-order valence-electron chi connectivity index (χ3n) is 10.7. The van der Waals surface area contributed by atoms with Gasteiger partial charge in [0.2, 0.25) is 0 Å². The zero-order chi connectivity index (χ0) is 38.6. The molecule has 9 rings (SSSR count). The minimum Gasteiger partial charge on any atom is -0.323 e. The van der Waals surface area contributed by atoms with E-state index >= 15 is 0 Å². The van der Waals surface area contributed by atoms with Crippen LogP contribution in [0.1, 0.15) is 0 Å². The molecular formula is C54H39ClN2. The molecule has 57 heavy (non-hydrogen) atoms. The molecule has 9 aromatic carbocycles. The van der Waals surface area contributed by atoms with Crippen molar-refractivity contribution >= 4 is 17.3 Å². The summed E-state index contributed by atoms with van der Waals surface area (Å²) >= 11 is 7.83. The summed E-state index contributed by atoms with van der Waals surface area (Å²) in [4.78, 5) is 0. The van der Waals surface area contributed by atoms with Crippen LogP contribution in [0.5, 0.6) is 0 Å². The van der Waals surface area contributed by atoms with Crippen LogP contribution >= 0.6 is 11.6 Å².